The zero-order valence-corrected chi connectivity index (χ0v) is 15.4. The molecule has 1 saturated heterocycles. The fourth-order valence-electron chi connectivity index (χ4n) is 3.54. The van der Waals surface area contributed by atoms with Crippen molar-refractivity contribution in [2.24, 2.45) is 18.9 Å². The minimum atomic E-state index is -0.736. The highest BCUT2D eigenvalue weighted by atomic mass is 16.4. The van der Waals surface area contributed by atoms with Crippen LogP contribution in [-0.2, 0) is 24.9 Å². The minimum Gasteiger partial charge on any atom is -0.481 e. The number of carboxylic acid groups (broad SMARTS) is 1. The van der Waals surface area contributed by atoms with Gasteiger partial charge in [0, 0.05) is 20.1 Å². The largest absolute Gasteiger partial charge is 0.481 e. The average Bonchev–Trinajstić information content (AvgIpc) is 3.27. The summed E-state index contributed by atoms with van der Waals surface area (Å²) >= 11 is 0. The van der Waals surface area contributed by atoms with Gasteiger partial charge in [0.15, 0.2) is 0 Å². The van der Waals surface area contributed by atoms with Crippen LogP contribution in [0.25, 0.3) is 11.4 Å². The van der Waals surface area contributed by atoms with Gasteiger partial charge in [0.2, 0.25) is 0 Å². The van der Waals surface area contributed by atoms with Crippen molar-refractivity contribution < 1.29 is 15.0 Å². The zero-order chi connectivity index (χ0) is 18.8. The van der Waals surface area contributed by atoms with E-state index in [0.29, 0.717) is 17.1 Å². The van der Waals surface area contributed by atoms with Crippen LogP contribution in [0.4, 0.5) is 5.69 Å². The Morgan fingerprint density at radius 1 is 1.42 bits per heavy atom. The molecular formula is C18H25N5O3. The van der Waals surface area contributed by atoms with Crippen LogP contribution < -0.4 is 4.90 Å². The van der Waals surface area contributed by atoms with Gasteiger partial charge in [-0.3, -0.25) is 4.79 Å². The molecule has 0 spiro atoms. The van der Waals surface area contributed by atoms with Gasteiger partial charge in [-0.25, -0.2) is 9.67 Å². The highest BCUT2D eigenvalue weighted by Gasteiger charge is 2.32. The minimum absolute atomic E-state index is 0.148. The van der Waals surface area contributed by atoms with E-state index >= 15 is 0 Å². The van der Waals surface area contributed by atoms with Crippen LogP contribution in [0.2, 0.25) is 0 Å². The summed E-state index contributed by atoms with van der Waals surface area (Å²) in [6.45, 7) is 5.25. The summed E-state index contributed by atoms with van der Waals surface area (Å²) in [4.78, 5) is 18.2. The Balaban J connectivity index is 1.87. The normalized spacial score (nSPS) is 18.3. The van der Waals surface area contributed by atoms with Gasteiger partial charge in [-0.2, -0.15) is 0 Å². The number of aliphatic hydroxyl groups excluding tert-OH is 1. The number of anilines is 1. The third-order valence-electron chi connectivity index (χ3n) is 5.28. The molecule has 8 nitrogen and oxygen atoms in total. The van der Waals surface area contributed by atoms with Crippen molar-refractivity contribution in [3.63, 3.8) is 0 Å². The van der Waals surface area contributed by atoms with Crippen molar-refractivity contribution in [3.8, 4) is 11.4 Å². The molecule has 2 atom stereocenters. The third-order valence-corrected chi connectivity index (χ3v) is 5.28. The summed E-state index contributed by atoms with van der Waals surface area (Å²) in [5, 5.41) is 26.9. The highest BCUT2D eigenvalue weighted by Crippen LogP contribution is 2.32. The standard InChI is InChI=1S/C18H25N5O3/c1-4-13-15(23-8-7-12(9-23)11(2)18(25)26)6-5-14(19-13)17-16(10-24)22(3)21-20-17/h5-6,11-12,24H,4,7-10H2,1-3H3,(H,25,26)/t11-,12-/m1/s1. The maximum Gasteiger partial charge on any atom is 0.306 e. The lowest BCUT2D eigenvalue weighted by atomic mass is 9.94. The van der Waals surface area contributed by atoms with Crippen LogP contribution in [0.5, 0.6) is 0 Å². The quantitative estimate of drug-likeness (QED) is 0.805. The molecule has 140 valence electrons. The van der Waals surface area contributed by atoms with Gasteiger partial charge in [0.1, 0.15) is 5.69 Å². The summed E-state index contributed by atoms with van der Waals surface area (Å²) < 4.78 is 1.55. The van der Waals surface area contributed by atoms with Gasteiger partial charge in [0.25, 0.3) is 0 Å². The first-order valence-electron chi connectivity index (χ1n) is 8.93. The summed E-state index contributed by atoms with van der Waals surface area (Å²) in [7, 11) is 1.74. The van der Waals surface area contributed by atoms with Crippen molar-refractivity contribution in [1.29, 1.82) is 0 Å². The lowest BCUT2D eigenvalue weighted by Crippen LogP contribution is -2.26. The first kappa shape index (κ1) is 18.3. The zero-order valence-electron chi connectivity index (χ0n) is 15.4. The molecule has 2 N–H and O–H groups in total. The number of pyridine rings is 1. The Hall–Kier alpha value is -2.48. The maximum absolute atomic E-state index is 11.3. The molecule has 0 bridgehead atoms. The Bertz CT molecular complexity index is 804. The molecule has 1 fully saturated rings. The predicted octanol–water partition coefficient (Wildman–Crippen LogP) is 1.48. The highest BCUT2D eigenvalue weighted by molar-refractivity contribution is 5.70. The van der Waals surface area contributed by atoms with Gasteiger partial charge in [-0.1, -0.05) is 19.1 Å². The van der Waals surface area contributed by atoms with E-state index < -0.39 is 5.97 Å². The van der Waals surface area contributed by atoms with E-state index in [1.807, 2.05) is 19.1 Å². The molecule has 0 amide bonds. The van der Waals surface area contributed by atoms with Gasteiger partial charge in [-0.15, -0.1) is 5.10 Å². The predicted molar refractivity (Wildman–Crippen MR) is 96.7 cm³/mol. The Morgan fingerprint density at radius 2 is 2.19 bits per heavy atom. The second-order valence-electron chi connectivity index (χ2n) is 6.80. The molecule has 1 aliphatic heterocycles. The number of hydrogen-bond donors (Lipinski definition) is 2. The summed E-state index contributed by atoms with van der Waals surface area (Å²) in [5.74, 6) is -0.929. The summed E-state index contributed by atoms with van der Waals surface area (Å²) in [5.41, 5.74) is 3.91. The monoisotopic (exact) mass is 359 g/mol. The van der Waals surface area contributed by atoms with Crippen molar-refractivity contribution in [2.45, 2.75) is 33.3 Å². The lowest BCUT2D eigenvalue weighted by Gasteiger charge is -2.22. The molecule has 3 heterocycles. The van der Waals surface area contributed by atoms with Crippen LogP contribution in [0, 0.1) is 11.8 Å². The van der Waals surface area contributed by atoms with Crippen LogP contribution in [0.3, 0.4) is 0 Å². The Labute approximate surface area is 152 Å². The maximum atomic E-state index is 11.3. The Morgan fingerprint density at radius 3 is 2.85 bits per heavy atom. The second-order valence-corrected chi connectivity index (χ2v) is 6.80. The van der Waals surface area contributed by atoms with Gasteiger partial charge < -0.3 is 15.1 Å². The molecule has 0 saturated carbocycles. The molecule has 0 radical (unpaired) electrons. The fourth-order valence-corrected chi connectivity index (χ4v) is 3.54. The summed E-state index contributed by atoms with van der Waals surface area (Å²) in [6, 6.07) is 3.91. The molecule has 2 aromatic heterocycles. The molecule has 2 aromatic rings. The number of carbonyl (C=O) groups is 1. The molecule has 0 unspecified atom stereocenters. The Kier molecular flexibility index (Phi) is 5.22. The van der Waals surface area contributed by atoms with E-state index in [1.54, 1.807) is 18.7 Å². The molecule has 3 rings (SSSR count). The van der Waals surface area contributed by atoms with E-state index in [1.165, 1.54) is 0 Å². The van der Waals surface area contributed by atoms with Crippen molar-refractivity contribution in [1.82, 2.24) is 20.0 Å². The van der Waals surface area contributed by atoms with Crippen LogP contribution >= 0.6 is 0 Å². The fraction of sp³-hybridized carbons (Fsp3) is 0.556. The van der Waals surface area contributed by atoms with E-state index in [9.17, 15) is 15.0 Å². The topological polar surface area (TPSA) is 104 Å². The van der Waals surface area contributed by atoms with E-state index in [4.69, 9.17) is 4.98 Å². The van der Waals surface area contributed by atoms with Crippen molar-refractivity contribution >= 4 is 11.7 Å². The second kappa shape index (κ2) is 7.41. The molecular weight excluding hydrogens is 334 g/mol. The number of aliphatic hydroxyl groups is 1. The summed E-state index contributed by atoms with van der Waals surface area (Å²) in [6.07, 6.45) is 1.63. The van der Waals surface area contributed by atoms with E-state index in [-0.39, 0.29) is 18.4 Å². The number of rotatable bonds is 6. The van der Waals surface area contributed by atoms with E-state index in [0.717, 1.165) is 37.3 Å². The first-order chi connectivity index (χ1) is 12.5. The average molecular weight is 359 g/mol. The van der Waals surface area contributed by atoms with Crippen LogP contribution in [0.15, 0.2) is 12.1 Å². The smallest absolute Gasteiger partial charge is 0.306 e. The number of aromatic nitrogens is 4. The van der Waals surface area contributed by atoms with Gasteiger partial charge in [0.05, 0.1) is 35.3 Å². The first-order valence-corrected chi connectivity index (χ1v) is 8.93. The molecule has 8 heteroatoms. The van der Waals surface area contributed by atoms with Crippen molar-refractivity contribution in [2.75, 3.05) is 18.0 Å². The number of nitrogens with zero attached hydrogens (tertiary/aromatic N) is 5. The van der Waals surface area contributed by atoms with Crippen LogP contribution in [0.1, 0.15) is 31.7 Å². The molecule has 26 heavy (non-hydrogen) atoms. The molecule has 1 aliphatic rings. The van der Waals surface area contributed by atoms with E-state index in [2.05, 4.69) is 15.2 Å². The molecule has 0 aromatic carbocycles. The van der Waals surface area contributed by atoms with Gasteiger partial charge in [-0.05, 0) is 30.9 Å². The van der Waals surface area contributed by atoms with Gasteiger partial charge >= 0.3 is 5.97 Å². The number of carboxylic acids is 1. The van der Waals surface area contributed by atoms with Crippen LogP contribution in [-0.4, -0.2) is 49.2 Å². The number of aliphatic carboxylic acids is 1. The SMILES string of the molecule is CCc1nc(-c2nnn(C)c2CO)ccc1N1CC[C@@H]([C@@H](C)C(=O)O)C1. The molecule has 0 aliphatic carbocycles. The number of hydrogen-bond acceptors (Lipinski definition) is 6. The lowest BCUT2D eigenvalue weighted by molar-refractivity contribution is -0.142. The number of aryl methyl sites for hydroxylation is 2. The van der Waals surface area contributed by atoms with Crippen molar-refractivity contribution in [3.05, 3.63) is 23.5 Å². The third kappa shape index (κ3) is 3.29.